The van der Waals surface area contributed by atoms with Gasteiger partial charge in [-0.05, 0) is 46.3 Å². The minimum Gasteiger partial charge on any atom is -0.423 e. The first kappa shape index (κ1) is 19.9. The zero-order valence-corrected chi connectivity index (χ0v) is 13.5. The molecule has 2 amide bonds. The van der Waals surface area contributed by atoms with Crippen LogP contribution in [0.3, 0.4) is 0 Å². The number of carbonyl (C=O) groups excluding carboxylic acids is 1. The van der Waals surface area contributed by atoms with Gasteiger partial charge in [-0.3, -0.25) is 0 Å². The van der Waals surface area contributed by atoms with Gasteiger partial charge in [-0.15, -0.1) is 0 Å². The summed E-state index contributed by atoms with van der Waals surface area (Å²) in [6.07, 6.45) is 0. The Balaban J connectivity index is 1.92. The largest absolute Gasteiger partial charge is 0.488 e. The van der Waals surface area contributed by atoms with Crippen LogP contribution < -0.4 is 21.6 Å². The molecular formula is C15H16B2F2N2O5. The fourth-order valence-electron chi connectivity index (χ4n) is 2.28. The van der Waals surface area contributed by atoms with Crippen LogP contribution >= 0.6 is 0 Å². The predicted molar refractivity (Wildman–Crippen MR) is 91.5 cm³/mol. The molecule has 0 aliphatic heterocycles. The Labute approximate surface area is 148 Å². The van der Waals surface area contributed by atoms with Crippen molar-refractivity contribution in [3.05, 3.63) is 59.2 Å². The van der Waals surface area contributed by atoms with Gasteiger partial charge in [-0.25, -0.2) is 13.6 Å². The normalized spacial score (nSPS) is 10.4. The van der Waals surface area contributed by atoms with Gasteiger partial charge in [-0.1, -0.05) is 12.1 Å². The molecule has 26 heavy (non-hydrogen) atoms. The third-order valence-corrected chi connectivity index (χ3v) is 3.46. The average molecular weight is 364 g/mol. The van der Waals surface area contributed by atoms with Crippen molar-refractivity contribution in [3.63, 3.8) is 0 Å². The van der Waals surface area contributed by atoms with E-state index >= 15 is 0 Å². The summed E-state index contributed by atoms with van der Waals surface area (Å²) in [4.78, 5) is 11.8. The second kappa shape index (κ2) is 8.77. The van der Waals surface area contributed by atoms with Crippen LogP contribution in [0.25, 0.3) is 0 Å². The topological polar surface area (TPSA) is 122 Å². The lowest BCUT2D eigenvalue weighted by molar-refractivity contribution is 0.240. The van der Waals surface area contributed by atoms with Crippen LogP contribution in [-0.4, -0.2) is 40.4 Å². The number of benzene rings is 2. The Bertz CT molecular complexity index is 729. The molecule has 0 saturated carbocycles. The molecule has 0 radical (unpaired) electrons. The Morgan fingerprint density at radius 1 is 0.769 bits per heavy atom. The van der Waals surface area contributed by atoms with E-state index in [-0.39, 0.29) is 24.0 Å². The fourth-order valence-corrected chi connectivity index (χ4v) is 2.28. The molecule has 6 N–H and O–H groups in total. The number of urea groups is 1. The highest BCUT2D eigenvalue weighted by Crippen LogP contribution is 2.04. The fraction of sp³-hybridized carbons (Fsp3) is 0.133. The lowest BCUT2D eigenvalue weighted by atomic mass is 9.79. The van der Waals surface area contributed by atoms with Gasteiger partial charge >= 0.3 is 20.3 Å². The number of nitrogens with one attached hydrogen (secondary N) is 2. The molecule has 11 heteroatoms. The molecule has 0 aliphatic carbocycles. The number of amides is 2. The van der Waals surface area contributed by atoms with Gasteiger partial charge < -0.3 is 30.7 Å². The van der Waals surface area contributed by atoms with Crippen molar-refractivity contribution in [2.75, 3.05) is 0 Å². The van der Waals surface area contributed by atoms with Crippen LogP contribution in [0.4, 0.5) is 13.6 Å². The molecule has 0 heterocycles. The molecule has 0 aliphatic rings. The van der Waals surface area contributed by atoms with Crippen molar-refractivity contribution in [1.82, 2.24) is 10.6 Å². The van der Waals surface area contributed by atoms with Crippen LogP contribution in [0.1, 0.15) is 11.1 Å². The summed E-state index contributed by atoms with van der Waals surface area (Å²) in [5.74, 6) is -1.36. The molecule has 136 valence electrons. The second-order valence-corrected chi connectivity index (χ2v) is 5.57. The quantitative estimate of drug-likeness (QED) is 0.342. The van der Waals surface area contributed by atoms with Crippen LogP contribution in [-0.2, 0) is 13.1 Å². The number of carbonyl (C=O) groups is 1. The summed E-state index contributed by atoms with van der Waals surface area (Å²) < 4.78 is 26.8. The van der Waals surface area contributed by atoms with Crippen LogP contribution in [0.15, 0.2) is 36.4 Å². The highest BCUT2D eigenvalue weighted by molar-refractivity contribution is 6.59. The summed E-state index contributed by atoms with van der Waals surface area (Å²) in [7, 11) is -3.66. The smallest absolute Gasteiger partial charge is 0.423 e. The zero-order chi connectivity index (χ0) is 19.3. The van der Waals surface area contributed by atoms with E-state index in [1.807, 2.05) is 0 Å². The van der Waals surface area contributed by atoms with Crippen molar-refractivity contribution in [1.29, 1.82) is 0 Å². The standard InChI is InChI=1S/C15H16B2F2N2O5/c18-13-3-9(1-11(5-13)16(23)24)7-20-15(22)21-8-10-2-12(17(25)26)6-14(19)4-10/h1-6,23-26H,7-8H2,(H2,20,21,22). The Hall–Kier alpha value is -2.46. The van der Waals surface area contributed by atoms with E-state index in [0.29, 0.717) is 11.1 Å². The first-order chi connectivity index (χ1) is 12.2. The van der Waals surface area contributed by atoms with Crippen LogP contribution in [0, 0.1) is 11.6 Å². The SMILES string of the molecule is O=C(NCc1cc(F)cc(B(O)O)c1)NCc1cc(F)cc(B(O)O)c1. The maximum Gasteiger partial charge on any atom is 0.488 e. The molecule has 0 fully saturated rings. The predicted octanol–water partition coefficient (Wildman–Crippen LogP) is -1.68. The zero-order valence-electron chi connectivity index (χ0n) is 13.5. The average Bonchev–Trinajstić information content (AvgIpc) is 2.57. The summed E-state index contributed by atoms with van der Waals surface area (Å²) in [6, 6.07) is 6.22. The monoisotopic (exact) mass is 364 g/mol. The van der Waals surface area contributed by atoms with E-state index in [0.717, 1.165) is 24.3 Å². The maximum absolute atomic E-state index is 13.4. The van der Waals surface area contributed by atoms with Crippen LogP contribution in [0.5, 0.6) is 0 Å². The molecule has 2 aromatic rings. The van der Waals surface area contributed by atoms with Crippen molar-refractivity contribution < 1.29 is 33.7 Å². The summed E-state index contributed by atoms with van der Waals surface area (Å²) in [5, 5.41) is 41.2. The molecule has 0 aromatic heterocycles. The van der Waals surface area contributed by atoms with E-state index in [1.165, 1.54) is 12.1 Å². The number of hydrogen-bond acceptors (Lipinski definition) is 5. The van der Waals surface area contributed by atoms with Gasteiger partial charge in [-0.2, -0.15) is 0 Å². The van der Waals surface area contributed by atoms with Gasteiger partial charge in [0, 0.05) is 13.1 Å². The van der Waals surface area contributed by atoms with Gasteiger partial charge in [0.2, 0.25) is 0 Å². The Morgan fingerprint density at radius 3 is 1.50 bits per heavy atom. The molecule has 2 rings (SSSR count). The first-order valence-electron chi connectivity index (χ1n) is 7.57. The molecule has 0 atom stereocenters. The van der Waals surface area contributed by atoms with Gasteiger partial charge in [0.05, 0.1) is 0 Å². The summed E-state index contributed by atoms with van der Waals surface area (Å²) in [6.45, 7) is -0.153. The number of rotatable bonds is 6. The van der Waals surface area contributed by atoms with E-state index in [2.05, 4.69) is 10.6 Å². The van der Waals surface area contributed by atoms with Crippen molar-refractivity contribution in [3.8, 4) is 0 Å². The Kier molecular flexibility index (Phi) is 6.70. The Morgan fingerprint density at radius 2 is 1.15 bits per heavy atom. The van der Waals surface area contributed by atoms with E-state index < -0.39 is 31.9 Å². The minimum absolute atomic E-state index is 0.0444. The van der Waals surface area contributed by atoms with E-state index in [1.54, 1.807) is 0 Å². The van der Waals surface area contributed by atoms with Crippen molar-refractivity contribution in [2.45, 2.75) is 13.1 Å². The number of hydrogen-bond donors (Lipinski definition) is 6. The maximum atomic E-state index is 13.4. The van der Waals surface area contributed by atoms with Gasteiger partial charge in [0.1, 0.15) is 11.6 Å². The molecule has 7 nitrogen and oxygen atoms in total. The third-order valence-electron chi connectivity index (χ3n) is 3.46. The minimum atomic E-state index is -1.83. The molecule has 0 bridgehead atoms. The highest BCUT2D eigenvalue weighted by Gasteiger charge is 2.15. The highest BCUT2D eigenvalue weighted by atomic mass is 19.1. The van der Waals surface area contributed by atoms with Crippen molar-refractivity contribution in [2.24, 2.45) is 0 Å². The lowest BCUT2D eigenvalue weighted by Crippen LogP contribution is -2.36. The van der Waals surface area contributed by atoms with E-state index in [4.69, 9.17) is 20.1 Å². The van der Waals surface area contributed by atoms with Gasteiger partial charge in [0.15, 0.2) is 0 Å². The summed E-state index contributed by atoms with van der Waals surface area (Å²) in [5.41, 5.74) is 0.550. The third kappa shape index (κ3) is 5.81. The van der Waals surface area contributed by atoms with Crippen molar-refractivity contribution >= 4 is 31.2 Å². The van der Waals surface area contributed by atoms with Gasteiger partial charge in [0.25, 0.3) is 0 Å². The summed E-state index contributed by atoms with van der Waals surface area (Å²) >= 11 is 0. The molecule has 0 spiro atoms. The second-order valence-electron chi connectivity index (χ2n) is 5.57. The first-order valence-corrected chi connectivity index (χ1v) is 7.57. The molecule has 0 saturated heterocycles. The molecule has 0 unspecified atom stereocenters. The van der Waals surface area contributed by atoms with Crippen LogP contribution in [0.2, 0.25) is 0 Å². The molecular weight excluding hydrogens is 348 g/mol. The lowest BCUT2D eigenvalue weighted by Gasteiger charge is -2.10. The van der Waals surface area contributed by atoms with E-state index in [9.17, 15) is 13.6 Å². The molecule has 2 aromatic carbocycles. The number of halogens is 2.